The standard InChI is InChI=1S/C42H40F8N14O7/c43-21-3-20(4-26(21)69-37(65)55-39-9-18(10-39)11-39)22-6-29(53-35-24-8-32(71-42(48,49)50)61-62(24)2-1-51-35)64(59-22)30-15-63-25(7-31(60-63)68-17-41(45,46)47)36(54-30)52-28-5-23(57-58-28)34-33(44)27(16-67-34)70-38(66)56-40-12-19(13-40)14-40/h1-2,5-8,15,18-21,26-27,33-34H,3-4,9-14,16-17H2,(H5,51,52,53,54,55,56,57,58,59,60,61,65,66)/p+1/t18?,19?,20-,21+,26-,27-,33+,34-,39?,40?/m0/s1. The van der Waals surface area contributed by atoms with Crippen molar-refractivity contribution in [3.05, 3.63) is 54.2 Å². The first-order valence-electron chi connectivity index (χ1n) is 22.6. The first kappa shape index (κ1) is 45.0. The van der Waals surface area contributed by atoms with Crippen molar-refractivity contribution in [2.75, 3.05) is 23.8 Å². The minimum atomic E-state index is -5.06. The van der Waals surface area contributed by atoms with E-state index in [-0.39, 0.29) is 76.3 Å². The van der Waals surface area contributed by atoms with E-state index in [0.717, 1.165) is 53.6 Å². The number of halogens is 8. The molecule has 6 aromatic rings. The third-order valence-corrected chi connectivity index (χ3v) is 14.1. The van der Waals surface area contributed by atoms with Gasteiger partial charge in [0.2, 0.25) is 23.4 Å². The maximum atomic E-state index is 15.8. The van der Waals surface area contributed by atoms with Gasteiger partial charge in [-0.05, 0) is 63.2 Å². The zero-order valence-electron chi connectivity index (χ0n) is 36.7. The Hall–Kier alpha value is -7.20. The topological polar surface area (TPSA) is 237 Å². The number of ether oxygens (including phenoxy) is 5. The highest BCUT2D eigenvalue weighted by atomic mass is 19.4. The molecule has 2 amide bonds. The molecule has 7 saturated carbocycles. The van der Waals surface area contributed by atoms with Crippen LogP contribution < -0.4 is 35.4 Å². The highest BCUT2D eigenvalue weighted by Gasteiger charge is 2.59. The summed E-state index contributed by atoms with van der Waals surface area (Å²) in [6.07, 6.45) is -9.24. The highest BCUT2D eigenvalue weighted by Crippen LogP contribution is 2.57. The fraction of sp³-hybridized carbons (Fsp3) is 0.524. The van der Waals surface area contributed by atoms with Gasteiger partial charge in [0.25, 0.3) is 5.82 Å². The predicted molar refractivity (Wildman–Crippen MR) is 223 cm³/mol. The quantitative estimate of drug-likeness (QED) is 0.0516. The van der Waals surface area contributed by atoms with Crippen LogP contribution in [-0.4, -0.2) is 118 Å². The zero-order valence-corrected chi connectivity index (χ0v) is 36.7. The van der Waals surface area contributed by atoms with Crippen molar-refractivity contribution in [2.45, 2.75) is 112 Å². The predicted octanol–water partition coefficient (Wildman–Crippen LogP) is 6.35. The van der Waals surface area contributed by atoms with Crippen LogP contribution in [0, 0.1) is 11.8 Å². The normalized spacial score (nSPS) is 29.4. The molecule has 0 spiro atoms. The lowest BCUT2D eigenvalue weighted by Crippen LogP contribution is -2.68. The summed E-state index contributed by atoms with van der Waals surface area (Å²) < 4.78 is 140. The van der Waals surface area contributed by atoms with Crippen LogP contribution in [0.1, 0.15) is 74.8 Å². The Bertz CT molecular complexity index is 3030. The molecule has 7 heterocycles. The lowest BCUT2D eigenvalue weighted by molar-refractivity contribution is -0.645. The Labute approximate surface area is 393 Å². The van der Waals surface area contributed by atoms with Crippen LogP contribution in [0.3, 0.4) is 0 Å². The van der Waals surface area contributed by atoms with Crippen LogP contribution in [0.25, 0.3) is 16.9 Å². The summed E-state index contributed by atoms with van der Waals surface area (Å²) >= 11 is 0. The van der Waals surface area contributed by atoms with Gasteiger partial charge in [-0.1, -0.05) is 4.98 Å². The molecule has 8 aliphatic rings. The Morgan fingerprint density at radius 1 is 0.831 bits per heavy atom. The Morgan fingerprint density at radius 2 is 1.51 bits per heavy atom. The van der Waals surface area contributed by atoms with Crippen LogP contribution in [0.4, 0.5) is 68.0 Å². The number of hydrogen-bond acceptors (Lipinski definition) is 14. The number of rotatable bonds is 14. The van der Waals surface area contributed by atoms with Gasteiger partial charge in [-0.3, -0.25) is 10.4 Å². The van der Waals surface area contributed by atoms with E-state index in [2.05, 4.69) is 56.5 Å². The number of carbonyl (C=O) groups is 2. The summed E-state index contributed by atoms with van der Waals surface area (Å²) in [5.41, 5.74) is 0.0213. The van der Waals surface area contributed by atoms with Gasteiger partial charge in [-0.15, -0.1) is 28.1 Å². The van der Waals surface area contributed by atoms with Gasteiger partial charge >= 0.3 is 30.5 Å². The molecule has 8 fully saturated rings. The number of amides is 2. The van der Waals surface area contributed by atoms with Crippen LogP contribution in [0.15, 0.2) is 42.9 Å². The second-order valence-corrected chi connectivity index (χ2v) is 19.2. The van der Waals surface area contributed by atoms with Gasteiger partial charge in [-0.25, -0.2) is 37.5 Å². The third kappa shape index (κ3) is 8.65. The number of carbonyl (C=O) groups excluding carboxylic acids is 2. The Balaban J connectivity index is 0.860. The molecule has 29 heteroatoms. The van der Waals surface area contributed by atoms with Gasteiger partial charge in [0.15, 0.2) is 24.7 Å². The molecule has 7 aliphatic carbocycles. The highest BCUT2D eigenvalue weighted by molar-refractivity contribution is 5.75. The SMILES string of the molecule is O=C(NC12CC(C1)C2)O[C@H]1CO[C@@H](c2cc(Nc3nc(-[n+]4[nH]c([C@H]5C[C@@H](F)[C@@H](OC(=O)NC67CC(C6)C7)C5)cc4Nc4nccn5nc(OC(F)(F)F)cc45)cn4nc(OCC(F)(F)F)cc34)n[nH]2)[C@@H]1F. The molecule has 14 rings (SSSR count). The van der Waals surface area contributed by atoms with E-state index in [0.29, 0.717) is 17.5 Å². The average molecular weight is 1010 g/mol. The Kier molecular flexibility index (Phi) is 10.2. The number of aromatic amines is 2. The average Bonchev–Trinajstić information content (AvgIpc) is 4.11. The number of H-pyrrole nitrogens is 2. The van der Waals surface area contributed by atoms with Crippen LogP contribution in [0.5, 0.6) is 11.8 Å². The molecule has 376 valence electrons. The molecule has 6 N–H and O–H groups in total. The van der Waals surface area contributed by atoms with Crippen LogP contribution in [-0.2, 0) is 14.2 Å². The summed E-state index contributed by atoms with van der Waals surface area (Å²) in [6, 6.07) is 5.12. The minimum Gasteiger partial charge on any atom is -0.467 e. The maximum absolute atomic E-state index is 15.8. The molecule has 1 saturated heterocycles. The number of alkyl halides is 8. The van der Waals surface area contributed by atoms with Gasteiger partial charge in [0.05, 0.1) is 18.0 Å². The van der Waals surface area contributed by atoms with E-state index in [1.54, 1.807) is 6.07 Å². The summed E-state index contributed by atoms with van der Waals surface area (Å²) in [5.74, 6) is -0.715. The molecule has 4 bridgehead atoms. The number of hydrogen-bond donors (Lipinski definition) is 6. The lowest BCUT2D eigenvalue weighted by Gasteiger charge is -2.61. The van der Waals surface area contributed by atoms with Crippen molar-refractivity contribution in [2.24, 2.45) is 11.8 Å². The summed E-state index contributed by atoms with van der Waals surface area (Å²) in [7, 11) is 0. The van der Waals surface area contributed by atoms with Crippen molar-refractivity contribution in [3.8, 4) is 17.6 Å². The van der Waals surface area contributed by atoms with Crippen molar-refractivity contribution in [1.29, 1.82) is 0 Å². The number of fused-ring (bicyclic) bond motifs is 2. The number of nitrogens with one attached hydrogen (secondary N) is 6. The van der Waals surface area contributed by atoms with Crippen molar-refractivity contribution >= 4 is 46.5 Å². The van der Waals surface area contributed by atoms with Crippen molar-refractivity contribution in [3.63, 3.8) is 0 Å². The van der Waals surface area contributed by atoms with Gasteiger partial charge in [0.1, 0.15) is 35.6 Å². The molecule has 0 unspecified atom stereocenters. The molecule has 6 aromatic heterocycles. The molecule has 71 heavy (non-hydrogen) atoms. The summed E-state index contributed by atoms with van der Waals surface area (Å²) in [5, 5.41) is 29.8. The fourth-order valence-corrected chi connectivity index (χ4v) is 10.5. The number of alkyl carbamates (subject to hydrolysis) is 2. The fourth-order valence-electron chi connectivity index (χ4n) is 10.5. The van der Waals surface area contributed by atoms with Crippen LogP contribution >= 0.6 is 0 Å². The largest absolute Gasteiger partial charge is 0.574 e. The number of aromatic nitrogens is 10. The minimum absolute atomic E-state index is 0.0279. The molecular formula is C42H41F8N14O7+. The van der Waals surface area contributed by atoms with E-state index < -0.39 is 79.7 Å². The maximum Gasteiger partial charge on any atom is 0.574 e. The summed E-state index contributed by atoms with van der Waals surface area (Å²) in [6.45, 7) is -1.92. The molecular weight excluding hydrogens is 965 g/mol. The third-order valence-electron chi connectivity index (χ3n) is 14.1. The van der Waals surface area contributed by atoms with Crippen molar-refractivity contribution in [1.82, 2.24) is 55.1 Å². The van der Waals surface area contributed by atoms with E-state index >= 15 is 8.78 Å². The molecule has 0 radical (unpaired) electrons. The second-order valence-electron chi connectivity index (χ2n) is 19.2. The lowest BCUT2D eigenvalue weighted by atomic mass is 9.50. The molecule has 6 atom stereocenters. The van der Waals surface area contributed by atoms with Crippen LogP contribution in [0.2, 0.25) is 0 Å². The van der Waals surface area contributed by atoms with Gasteiger partial charge < -0.3 is 39.6 Å². The molecule has 1 aliphatic heterocycles. The van der Waals surface area contributed by atoms with E-state index in [1.807, 2.05) is 0 Å². The van der Waals surface area contributed by atoms with Gasteiger partial charge in [0, 0.05) is 53.7 Å². The number of anilines is 4. The van der Waals surface area contributed by atoms with E-state index in [4.69, 9.17) is 23.9 Å². The van der Waals surface area contributed by atoms with E-state index in [1.165, 1.54) is 35.4 Å². The zero-order chi connectivity index (χ0) is 49.2. The first-order chi connectivity index (χ1) is 33.8. The molecule has 0 aromatic carbocycles. The van der Waals surface area contributed by atoms with Crippen molar-refractivity contribution < 1.29 is 73.1 Å². The van der Waals surface area contributed by atoms with Gasteiger partial charge in [-0.2, -0.15) is 18.3 Å². The smallest absolute Gasteiger partial charge is 0.467 e. The monoisotopic (exact) mass is 1010 g/mol. The Morgan fingerprint density at radius 3 is 2.18 bits per heavy atom. The number of nitrogens with zero attached hydrogens (tertiary/aromatic N) is 8. The van der Waals surface area contributed by atoms with E-state index in [9.17, 15) is 35.9 Å². The first-order valence-corrected chi connectivity index (χ1v) is 22.6. The second kappa shape index (κ2) is 16.2. The molecule has 21 nitrogen and oxygen atoms in total. The summed E-state index contributed by atoms with van der Waals surface area (Å²) in [4.78, 5) is 34.5.